The molecule has 0 aromatic carbocycles. The Morgan fingerprint density at radius 2 is 2.38 bits per heavy atom. The van der Waals surface area contributed by atoms with Crippen molar-refractivity contribution >= 4 is 17.5 Å². The molecule has 1 aliphatic rings. The smallest absolute Gasteiger partial charge is 0.159 e. The monoisotopic (exact) mass is 216 g/mol. The van der Waals surface area contributed by atoms with Gasteiger partial charge in [-0.05, 0) is 12.5 Å². The lowest BCUT2D eigenvalue weighted by Crippen LogP contribution is -2.38. The first-order valence-corrected chi connectivity index (χ1v) is 5.61. The largest absolute Gasteiger partial charge is 0.361 e. The average Bonchev–Trinajstić information content (AvgIpc) is 2.30. The minimum Gasteiger partial charge on any atom is -0.361 e. The highest BCUT2D eigenvalue weighted by atomic mass is 16.1. The number of Topliss-reactive ketones (excluding diaryl/α,β-unsaturated/α-hetero) is 1. The second kappa shape index (κ2) is 4.47. The van der Waals surface area contributed by atoms with Crippen LogP contribution in [0.4, 0.5) is 5.69 Å². The molecule has 0 radical (unpaired) electrons. The van der Waals surface area contributed by atoms with Gasteiger partial charge in [-0.15, -0.1) is 0 Å². The fourth-order valence-electron chi connectivity index (χ4n) is 2.04. The Morgan fingerprint density at radius 1 is 1.56 bits per heavy atom. The summed E-state index contributed by atoms with van der Waals surface area (Å²) in [6, 6.07) is 1.83. The van der Waals surface area contributed by atoms with Crippen LogP contribution in [-0.4, -0.2) is 23.9 Å². The molecule has 1 aliphatic heterocycles. The predicted molar refractivity (Wildman–Crippen MR) is 65.4 cm³/mol. The average molecular weight is 216 g/mol. The van der Waals surface area contributed by atoms with E-state index in [9.17, 15) is 4.79 Å². The van der Waals surface area contributed by atoms with E-state index >= 15 is 0 Å². The van der Waals surface area contributed by atoms with Crippen molar-refractivity contribution in [3.05, 3.63) is 30.1 Å². The molecule has 0 aliphatic carbocycles. The lowest BCUT2D eigenvalue weighted by molar-refractivity contribution is -0.119. The van der Waals surface area contributed by atoms with E-state index in [0.717, 1.165) is 17.7 Å². The van der Waals surface area contributed by atoms with Gasteiger partial charge in [-0.1, -0.05) is 19.1 Å². The van der Waals surface area contributed by atoms with Gasteiger partial charge >= 0.3 is 0 Å². The van der Waals surface area contributed by atoms with Crippen LogP contribution < -0.4 is 4.90 Å². The van der Waals surface area contributed by atoms with Gasteiger partial charge in [0.2, 0.25) is 0 Å². The van der Waals surface area contributed by atoms with Gasteiger partial charge in [0, 0.05) is 37.1 Å². The van der Waals surface area contributed by atoms with E-state index in [1.165, 1.54) is 0 Å². The first-order valence-electron chi connectivity index (χ1n) is 5.61. The molecule has 2 heterocycles. The molecule has 2 rings (SSSR count). The number of nitrogens with zero attached hydrogens (tertiary/aromatic N) is 2. The molecule has 0 N–H and O–H groups in total. The van der Waals surface area contributed by atoms with Gasteiger partial charge in [-0.25, -0.2) is 0 Å². The molecule has 0 amide bonds. The Morgan fingerprint density at radius 3 is 3.12 bits per heavy atom. The Labute approximate surface area is 95.8 Å². The molecule has 84 valence electrons. The van der Waals surface area contributed by atoms with E-state index in [2.05, 4.69) is 4.98 Å². The lowest BCUT2D eigenvalue weighted by atomic mass is 10.0. The number of hydrogen-bond donors (Lipinski definition) is 0. The van der Waals surface area contributed by atoms with Crippen molar-refractivity contribution in [2.45, 2.75) is 25.8 Å². The normalized spacial score (nSPS) is 18.4. The number of fused-ring (bicyclic) bond motifs is 1. The van der Waals surface area contributed by atoms with E-state index < -0.39 is 0 Å². The van der Waals surface area contributed by atoms with Gasteiger partial charge in [0.25, 0.3) is 0 Å². The highest BCUT2D eigenvalue weighted by molar-refractivity contribution is 5.92. The third-order valence-electron chi connectivity index (χ3n) is 2.91. The van der Waals surface area contributed by atoms with Crippen LogP contribution in [0.3, 0.4) is 0 Å². The minimum absolute atomic E-state index is 0.116. The van der Waals surface area contributed by atoms with Gasteiger partial charge in [-0.3, -0.25) is 9.78 Å². The topological polar surface area (TPSA) is 33.2 Å². The van der Waals surface area contributed by atoms with Gasteiger partial charge in [-0.2, -0.15) is 0 Å². The maximum Gasteiger partial charge on any atom is 0.159 e. The number of rotatable bonds is 3. The summed E-state index contributed by atoms with van der Waals surface area (Å²) in [6.45, 7) is 2.03. The fourth-order valence-corrected chi connectivity index (χ4v) is 2.04. The zero-order chi connectivity index (χ0) is 11.5. The van der Waals surface area contributed by atoms with Crippen molar-refractivity contribution in [1.82, 2.24) is 4.98 Å². The fraction of sp³-hybridized carbons (Fsp3) is 0.385. The standard InChI is InChI=1S/C13H16N2O/c1-3-4-13(16)12-6-5-10-9-14-8-7-11(10)15(12)2/h5-9,12H,3-4H2,1-2H3. The second-order valence-electron chi connectivity index (χ2n) is 4.07. The molecule has 0 saturated carbocycles. The molecule has 1 aromatic heterocycles. The summed E-state index contributed by atoms with van der Waals surface area (Å²) >= 11 is 0. The number of likely N-dealkylation sites (N-methyl/N-ethyl adjacent to an activating group) is 1. The molecule has 1 atom stereocenters. The van der Waals surface area contributed by atoms with E-state index in [4.69, 9.17) is 0 Å². The van der Waals surface area contributed by atoms with Gasteiger partial charge < -0.3 is 4.90 Å². The van der Waals surface area contributed by atoms with Crippen LogP contribution in [0.2, 0.25) is 0 Å². The summed E-state index contributed by atoms with van der Waals surface area (Å²) in [7, 11) is 1.96. The summed E-state index contributed by atoms with van der Waals surface area (Å²) < 4.78 is 0. The predicted octanol–water partition coefficient (Wildman–Crippen LogP) is 2.28. The Hall–Kier alpha value is -1.64. The van der Waals surface area contributed by atoms with Crippen LogP contribution in [0.1, 0.15) is 25.3 Å². The summed E-state index contributed by atoms with van der Waals surface area (Å²) in [5.74, 6) is 0.281. The molecule has 0 spiro atoms. The van der Waals surface area contributed by atoms with E-state index in [0.29, 0.717) is 6.42 Å². The third kappa shape index (κ3) is 1.85. The molecule has 0 fully saturated rings. The minimum atomic E-state index is -0.116. The molecular formula is C13H16N2O. The van der Waals surface area contributed by atoms with Crippen LogP contribution in [0, 0.1) is 0 Å². The zero-order valence-electron chi connectivity index (χ0n) is 9.68. The quantitative estimate of drug-likeness (QED) is 0.777. The van der Waals surface area contributed by atoms with Crippen LogP contribution >= 0.6 is 0 Å². The number of anilines is 1. The molecule has 0 bridgehead atoms. The number of carbonyl (C=O) groups excluding carboxylic acids is 1. The highest BCUT2D eigenvalue weighted by Gasteiger charge is 2.24. The summed E-state index contributed by atoms with van der Waals surface area (Å²) in [5.41, 5.74) is 2.15. The van der Waals surface area contributed by atoms with Crippen molar-refractivity contribution in [2.75, 3.05) is 11.9 Å². The maximum absolute atomic E-state index is 11.9. The van der Waals surface area contributed by atoms with Crippen LogP contribution in [0.5, 0.6) is 0 Å². The van der Waals surface area contributed by atoms with Crippen molar-refractivity contribution in [3.8, 4) is 0 Å². The summed E-state index contributed by atoms with van der Waals surface area (Å²) in [5, 5.41) is 0. The van der Waals surface area contributed by atoms with Gasteiger partial charge in [0.15, 0.2) is 5.78 Å². The van der Waals surface area contributed by atoms with Crippen molar-refractivity contribution in [2.24, 2.45) is 0 Å². The third-order valence-corrected chi connectivity index (χ3v) is 2.91. The lowest BCUT2D eigenvalue weighted by Gasteiger charge is -2.31. The second-order valence-corrected chi connectivity index (χ2v) is 4.07. The van der Waals surface area contributed by atoms with Gasteiger partial charge in [0.1, 0.15) is 6.04 Å². The molecule has 16 heavy (non-hydrogen) atoms. The number of aromatic nitrogens is 1. The van der Waals surface area contributed by atoms with Crippen LogP contribution in [-0.2, 0) is 4.79 Å². The van der Waals surface area contributed by atoms with E-state index in [1.807, 2.05) is 43.3 Å². The summed E-state index contributed by atoms with van der Waals surface area (Å²) in [4.78, 5) is 18.0. The molecule has 3 nitrogen and oxygen atoms in total. The Bertz CT molecular complexity index is 426. The first-order chi connectivity index (χ1) is 7.74. The number of carbonyl (C=O) groups is 1. The zero-order valence-corrected chi connectivity index (χ0v) is 9.68. The summed E-state index contributed by atoms with van der Waals surface area (Å²) in [6.07, 6.45) is 9.07. The highest BCUT2D eigenvalue weighted by Crippen LogP contribution is 2.27. The van der Waals surface area contributed by atoms with Crippen molar-refractivity contribution in [3.63, 3.8) is 0 Å². The molecule has 0 saturated heterocycles. The number of ketones is 1. The van der Waals surface area contributed by atoms with E-state index in [1.54, 1.807) is 6.20 Å². The Balaban J connectivity index is 2.27. The van der Waals surface area contributed by atoms with Crippen molar-refractivity contribution < 1.29 is 4.79 Å². The van der Waals surface area contributed by atoms with E-state index in [-0.39, 0.29) is 11.8 Å². The van der Waals surface area contributed by atoms with Gasteiger partial charge in [0.05, 0.1) is 0 Å². The first kappa shape index (κ1) is 10.9. The molecular weight excluding hydrogens is 200 g/mol. The molecule has 1 aromatic rings. The van der Waals surface area contributed by atoms with Crippen molar-refractivity contribution in [1.29, 1.82) is 0 Å². The van der Waals surface area contributed by atoms with Crippen LogP contribution in [0.15, 0.2) is 24.5 Å². The Kier molecular flexibility index (Phi) is 3.04. The maximum atomic E-state index is 11.9. The SMILES string of the molecule is CCCC(=O)C1C=Cc2cnccc2N1C. The molecule has 3 heteroatoms. The number of pyridine rings is 1. The number of hydrogen-bond acceptors (Lipinski definition) is 3. The molecule has 1 unspecified atom stereocenters. The van der Waals surface area contributed by atoms with Crippen LogP contribution in [0.25, 0.3) is 6.08 Å².